The number of carbonyl (C=O) groups excluding carboxylic acids is 1. The number of carboxylic acids is 1. The number of carboxylic acid groups (broad SMARTS) is 1. The van der Waals surface area contributed by atoms with Gasteiger partial charge < -0.3 is 10.4 Å². The number of amides is 1. The Kier molecular flexibility index (Phi) is 4.02. The number of carbonyl (C=O) groups is 2. The van der Waals surface area contributed by atoms with Crippen molar-refractivity contribution in [2.75, 3.05) is 0 Å². The first-order valence-corrected chi connectivity index (χ1v) is 5.92. The summed E-state index contributed by atoms with van der Waals surface area (Å²) < 4.78 is 0. The fraction of sp³-hybridized carbons (Fsp3) is 0.400. The molecule has 0 saturated heterocycles. The zero-order valence-electron chi connectivity index (χ0n) is 9.80. The minimum absolute atomic E-state index is 0.114. The number of nitrogens with one attached hydrogen (secondary N) is 1. The lowest BCUT2D eigenvalue weighted by molar-refractivity contribution is -0.380. The molecule has 2 N–H and O–H groups in total. The predicted molar refractivity (Wildman–Crippen MR) is 64.8 cm³/mol. The van der Waals surface area contributed by atoms with Crippen LogP contribution in [-0.2, 0) is 4.79 Å². The van der Waals surface area contributed by atoms with Crippen molar-refractivity contribution in [3.05, 3.63) is 27.1 Å². The molecule has 0 aliphatic heterocycles. The smallest absolute Gasteiger partial charge is 0.329 e. The number of hydrogen-bond acceptors (Lipinski definition) is 5. The molecule has 1 aromatic rings. The highest BCUT2D eigenvalue weighted by Crippen LogP contribution is 2.24. The van der Waals surface area contributed by atoms with Gasteiger partial charge in [0.1, 0.15) is 5.54 Å². The Hall–Kier alpha value is -1.96. The molecule has 8 heteroatoms. The summed E-state index contributed by atoms with van der Waals surface area (Å²) in [5.41, 5.74) is -1.38. The van der Waals surface area contributed by atoms with Crippen LogP contribution in [0.25, 0.3) is 0 Å². The second kappa shape index (κ2) is 5.13. The van der Waals surface area contributed by atoms with E-state index in [-0.39, 0.29) is 16.3 Å². The molecule has 1 atom stereocenters. The number of nitro groups is 1. The highest BCUT2D eigenvalue weighted by atomic mass is 32.1. The van der Waals surface area contributed by atoms with Crippen molar-refractivity contribution in [2.24, 2.45) is 0 Å². The van der Waals surface area contributed by atoms with Crippen LogP contribution in [-0.4, -0.2) is 27.4 Å². The SMILES string of the molecule is CCC(C)(NC(=O)c1ccc([N+](=O)[O-])s1)C(=O)O. The van der Waals surface area contributed by atoms with Gasteiger partial charge in [-0.1, -0.05) is 18.3 Å². The monoisotopic (exact) mass is 272 g/mol. The summed E-state index contributed by atoms with van der Waals surface area (Å²) in [5, 5.41) is 21.7. The van der Waals surface area contributed by atoms with E-state index in [4.69, 9.17) is 5.11 Å². The summed E-state index contributed by atoms with van der Waals surface area (Å²) in [5.74, 6) is -1.77. The minimum atomic E-state index is -1.38. The van der Waals surface area contributed by atoms with E-state index in [0.717, 1.165) is 0 Å². The van der Waals surface area contributed by atoms with E-state index in [1.807, 2.05) is 0 Å². The van der Waals surface area contributed by atoms with Gasteiger partial charge in [0.05, 0.1) is 9.80 Å². The first-order chi connectivity index (χ1) is 8.30. The third-order valence-electron chi connectivity index (χ3n) is 2.56. The predicted octanol–water partition coefficient (Wildman–Crippen LogP) is 1.64. The largest absolute Gasteiger partial charge is 0.480 e. The molecular formula is C10H12N2O5S. The molecular weight excluding hydrogens is 260 g/mol. The van der Waals surface area contributed by atoms with Crippen molar-refractivity contribution >= 4 is 28.2 Å². The highest BCUT2D eigenvalue weighted by molar-refractivity contribution is 7.17. The van der Waals surface area contributed by atoms with Crippen LogP contribution in [0.1, 0.15) is 29.9 Å². The van der Waals surface area contributed by atoms with Crippen LogP contribution in [0.4, 0.5) is 5.00 Å². The van der Waals surface area contributed by atoms with Crippen LogP contribution in [0, 0.1) is 10.1 Å². The van der Waals surface area contributed by atoms with Gasteiger partial charge >= 0.3 is 11.0 Å². The van der Waals surface area contributed by atoms with Crippen LogP contribution >= 0.6 is 11.3 Å². The lowest BCUT2D eigenvalue weighted by Gasteiger charge is -2.24. The van der Waals surface area contributed by atoms with Crippen molar-refractivity contribution in [2.45, 2.75) is 25.8 Å². The maximum absolute atomic E-state index is 11.8. The number of hydrogen-bond donors (Lipinski definition) is 2. The molecule has 18 heavy (non-hydrogen) atoms. The summed E-state index contributed by atoms with van der Waals surface area (Å²) in [6, 6.07) is 2.51. The number of nitrogens with zero attached hydrogens (tertiary/aromatic N) is 1. The molecule has 0 radical (unpaired) electrons. The van der Waals surface area contributed by atoms with E-state index >= 15 is 0 Å². The third kappa shape index (κ3) is 2.83. The van der Waals surface area contributed by atoms with Crippen molar-refractivity contribution in [3.63, 3.8) is 0 Å². The molecule has 1 heterocycles. The van der Waals surface area contributed by atoms with E-state index in [9.17, 15) is 19.7 Å². The summed E-state index contributed by atoms with van der Waals surface area (Å²) in [6.45, 7) is 3.01. The van der Waals surface area contributed by atoms with Gasteiger partial charge in [-0.25, -0.2) is 4.79 Å². The average molecular weight is 272 g/mol. The van der Waals surface area contributed by atoms with Crippen molar-refractivity contribution < 1.29 is 19.6 Å². The molecule has 0 fully saturated rings. The fourth-order valence-electron chi connectivity index (χ4n) is 1.15. The molecule has 1 aromatic heterocycles. The quantitative estimate of drug-likeness (QED) is 0.625. The molecule has 1 rings (SSSR count). The van der Waals surface area contributed by atoms with Crippen LogP contribution in [0.5, 0.6) is 0 Å². The molecule has 0 aliphatic rings. The molecule has 7 nitrogen and oxygen atoms in total. The lowest BCUT2D eigenvalue weighted by atomic mass is 9.99. The van der Waals surface area contributed by atoms with Gasteiger partial charge in [-0.2, -0.15) is 0 Å². The molecule has 0 bridgehead atoms. The maximum Gasteiger partial charge on any atom is 0.329 e. The summed E-state index contributed by atoms with van der Waals surface area (Å²) >= 11 is 0.708. The second-order valence-electron chi connectivity index (χ2n) is 3.84. The summed E-state index contributed by atoms with van der Waals surface area (Å²) in [4.78, 5) is 32.8. The Morgan fingerprint density at radius 2 is 2.17 bits per heavy atom. The van der Waals surface area contributed by atoms with Gasteiger partial charge in [-0.3, -0.25) is 14.9 Å². The molecule has 1 amide bonds. The molecule has 0 aromatic carbocycles. The zero-order chi connectivity index (χ0) is 13.9. The minimum Gasteiger partial charge on any atom is -0.480 e. The van der Waals surface area contributed by atoms with Gasteiger partial charge in [0.2, 0.25) is 0 Å². The van der Waals surface area contributed by atoms with E-state index < -0.39 is 22.3 Å². The molecule has 0 saturated carbocycles. The Morgan fingerprint density at radius 3 is 2.56 bits per heavy atom. The van der Waals surface area contributed by atoms with Gasteiger partial charge in [0, 0.05) is 6.07 Å². The molecule has 0 aliphatic carbocycles. The first-order valence-electron chi connectivity index (χ1n) is 5.10. The maximum atomic E-state index is 11.8. The van der Waals surface area contributed by atoms with Crippen LogP contribution in [0.15, 0.2) is 12.1 Å². The number of aliphatic carboxylic acids is 1. The van der Waals surface area contributed by atoms with Crippen molar-refractivity contribution in [1.29, 1.82) is 0 Å². The highest BCUT2D eigenvalue weighted by Gasteiger charge is 2.33. The molecule has 0 spiro atoms. The summed E-state index contributed by atoms with van der Waals surface area (Å²) in [7, 11) is 0. The fourth-order valence-corrected chi connectivity index (χ4v) is 1.87. The van der Waals surface area contributed by atoms with Gasteiger partial charge in [0.15, 0.2) is 0 Å². The Balaban J connectivity index is 2.88. The van der Waals surface area contributed by atoms with Crippen LogP contribution in [0.2, 0.25) is 0 Å². The Morgan fingerprint density at radius 1 is 1.56 bits per heavy atom. The van der Waals surface area contributed by atoms with Crippen LogP contribution in [0.3, 0.4) is 0 Å². The second-order valence-corrected chi connectivity index (χ2v) is 4.90. The normalized spacial score (nSPS) is 13.7. The van der Waals surface area contributed by atoms with Gasteiger partial charge in [0.25, 0.3) is 5.91 Å². The van der Waals surface area contributed by atoms with E-state index in [2.05, 4.69) is 5.32 Å². The van der Waals surface area contributed by atoms with Crippen molar-refractivity contribution in [1.82, 2.24) is 5.32 Å². The van der Waals surface area contributed by atoms with Gasteiger partial charge in [-0.05, 0) is 19.4 Å². The molecule has 98 valence electrons. The topological polar surface area (TPSA) is 110 Å². The summed E-state index contributed by atoms with van der Waals surface area (Å²) in [6.07, 6.45) is 0.210. The van der Waals surface area contributed by atoms with Gasteiger partial charge in [-0.15, -0.1) is 0 Å². The lowest BCUT2D eigenvalue weighted by Crippen LogP contribution is -2.51. The van der Waals surface area contributed by atoms with Crippen molar-refractivity contribution in [3.8, 4) is 0 Å². The first kappa shape index (κ1) is 14.1. The molecule has 1 unspecified atom stereocenters. The third-order valence-corrected chi connectivity index (χ3v) is 3.60. The van der Waals surface area contributed by atoms with Crippen LogP contribution < -0.4 is 5.32 Å². The average Bonchev–Trinajstić information content (AvgIpc) is 2.77. The standard InChI is InChI=1S/C10H12N2O5S/c1-3-10(2,9(14)15)11-8(13)6-4-5-7(18-6)12(16)17/h4-5H,3H2,1-2H3,(H,11,13)(H,14,15). The van der Waals surface area contributed by atoms with E-state index in [1.54, 1.807) is 6.92 Å². The Labute approximate surface area is 107 Å². The van der Waals surface area contributed by atoms with E-state index in [0.29, 0.717) is 11.3 Å². The number of rotatable bonds is 5. The van der Waals surface area contributed by atoms with E-state index in [1.165, 1.54) is 19.1 Å². The zero-order valence-corrected chi connectivity index (χ0v) is 10.6. The Bertz CT molecular complexity index is 498. The number of thiophene rings is 1.